The minimum atomic E-state index is -0.649. The van der Waals surface area contributed by atoms with E-state index in [0.29, 0.717) is 15.9 Å². The number of nitrogens with zero attached hydrogens (tertiary/aromatic N) is 2. The van der Waals surface area contributed by atoms with Crippen LogP contribution in [0.5, 0.6) is 0 Å². The van der Waals surface area contributed by atoms with Crippen molar-refractivity contribution >= 4 is 29.1 Å². The topological polar surface area (TPSA) is 70.7 Å². The molecular formula is C15H16Cl2N4O. The summed E-state index contributed by atoms with van der Waals surface area (Å²) in [4.78, 5) is 16.9. The van der Waals surface area contributed by atoms with Crippen LogP contribution in [0, 0.1) is 0 Å². The van der Waals surface area contributed by atoms with E-state index in [2.05, 4.69) is 20.5 Å². The fraction of sp³-hybridized carbons (Fsp3) is 0.400. The molecular weight excluding hydrogens is 323 g/mol. The summed E-state index contributed by atoms with van der Waals surface area (Å²) >= 11 is 12.6. The van der Waals surface area contributed by atoms with E-state index in [4.69, 9.17) is 23.2 Å². The van der Waals surface area contributed by atoms with Crippen LogP contribution in [0.4, 0.5) is 0 Å². The van der Waals surface area contributed by atoms with Crippen molar-refractivity contribution < 1.29 is 4.79 Å². The van der Waals surface area contributed by atoms with Crippen molar-refractivity contribution in [1.29, 1.82) is 0 Å². The summed E-state index contributed by atoms with van der Waals surface area (Å²) in [5, 5.41) is 10.6. The molecule has 3 rings (SSSR count). The van der Waals surface area contributed by atoms with E-state index < -0.39 is 5.41 Å². The Morgan fingerprint density at radius 2 is 2.05 bits per heavy atom. The molecule has 1 unspecified atom stereocenters. The molecule has 0 radical (unpaired) electrons. The van der Waals surface area contributed by atoms with Crippen LogP contribution in [0.3, 0.4) is 0 Å². The maximum Gasteiger partial charge on any atom is 0.231 e. The second kappa shape index (κ2) is 5.89. The van der Waals surface area contributed by atoms with Gasteiger partial charge in [-0.15, -0.1) is 0 Å². The summed E-state index contributed by atoms with van der Waals surface area (Å²) in [6.07, 6.45) is 3.88. The normalized spacial score (nSPS) is 17.6. The third kappa shape index (κ3) is 2.48. The highest BCUT2D eigenvalue weighted by molar-refractivity contribution is 6.36. The number of rotatable bonds is 4. The highest BCUT2D eigenvalue weighted by atomic mass is 35.5. The summed E-state index contributed by atoms with van der Waals surface area (Å²) in [5.41, 5.74) is 0.0795. The van der Waals surface area contributed by atoms with Gasteiger partial charge in [-0.05, 0) is 31.9 Å². The average molecular weight is 339 g/mol. The number of hydrogen-bond donors (Lipinski definition) is 2. The summed E-state index contributed by atoms with van der Waals surface area (Å²) in [5.74, 6) is 0.547. The van der Waals surface area contributed by atoms with Crippen LogP contribution in [0.25, 0.3) is 0 Å². The molecule has 0 saturated heterocycles. The van der Waals surface area contributed by atoms with Crippen LogP contribution in [0.1, 0.15) is 43.6 Å². The first-order valence-corrected chi connectivity index (χ1v) is 7.91. The molecule has 0 bridgehead atoms. The van der Waals surface area contributed by atoms with Crippen molar-refractivity contribution in [3.63, 3.8) is 0 Å². The first-order valence-electron chi connectivity index (χ1n) is 7.15. The molecule has 116 valence electrons. The van der Waals surface area contributed by atoms with Gasteiger partial charge in [0.05, 0.1) is 11.5 Å². The number of nitrogens with one attached hydrogen (secondary N) is 2. The molecule has 2 N–H and O–H groups in total. The SMILES string of the molecule is CC(NC(=O)C1(c2c(Cl)cccc2Cl)CCC1)c1ncn[nH]1. The molecule has 22 heavy (non-hydrogen) atoms. The third-order valence-electron chi connectivity index (χ3n) is 4.27. The van der Waals surface area contributed by atoms with E-state index in [0.717, 1.165) is 24.8 Å². The van der Waals surface area contributed by atoms with Gasteiger partial charge < -0.3 is 5.32 Å². The van der Waals surface area contributed by atoms with Crippen molar-refractivity contribution in [2.24, 2.45) is 0 Å². The first-order chi connectivity index (χ1) is 10.5. The number of aromatic amines is 1. The van der Waals surface area contributed by atoms with Gasteiger partial charge in [-0.3, -0.25) is 9.89 Å². The van der Waals surface area contributed by atoms with Crippen LogP contribution < -0.4 is 5.32 Å². The Morgan fingerprint density at radius 3 is 2.55 bits per heavy atom. The monoisotopic (exact) mass is 338 g/mol. The number of carbonyl (C=O) groups is 1. The summed E-state index contributed by atoms with van der Waals surface area (Å²) in [6, 6.07) is 5.08. The van der Waals surface area contributed by atoms with E-state index in [1.807, 2.05) is 6.92 Å². The molecule has 1 aliphatic rings. The Bertz CT molecular complexity index is 663. The Morgan fingerprint density at radius 1 is 1.36 bits per heavy atom. The number of amides is 1. The average Bonchev–Trinajstić information content (AvgIpc) is 2.94. The zero-order valence-electron chi connectivity index (χ0n) is 12.1. The number of aromatic nitrogens is 3. The maximum absolute atomic E-state index is 12.9. The number of H-pyrrole nitrogens is 1. The van der Waals surface area contributed by atoms with Crippen molar-refractivity contribution in [2.75, 3.05) is 0 Å². The number of benzene rings is 1. The molecule has 1 aromatic heterocycles. The van der Waals surface area contributed by atoms with Crippen LogP contribution in [0.15, 0.2) is 24.5 Å². The van der Waals surface area contributed by atoms with Crippen LogP contribution in [0.2, 0.25) is 10.0 Å². The van der Waals surface area contributed by atoms with Crippen LogP contribution >= 0.6 is 23.2 Å². The molecule has 7 heteroatoms. The number of halogens is 2. The predicted molar refractivity (Wildman–Crippen MR) is 84.9 cm³/mol. The molecule has 1 heterocycles. The molecule has 2 aromatic rings. The van der Waals surface area contributed by atoms with Crippen LogP contribution in [-0.4, -0.2) is 21.1 Å². The fourth-order valence-electron chi connectivity index (χ4n) is 2.90. The molecule has 1 fully saturated rings. The first kappa shape index (κ1) is 15.3. The van der Waals surface area contributed by atoms with Gasteiger partial charge in [-0.1, -0.05) is 35.7 Å². The molecule has 1 atom stereocenters. The quantitative estimate of drug-likeness (QED) is 0.897. The van der Waals surface area contributed by atoms with E-state index >= 15 is 0 Å². The lowest BCUT2D eigenvalue weighted by atomic mass is 9.63. The third-order valence-corrected chi connectivity index (χ3v) is 4.90. The Kier molecular flexibility index (Phi) is 4.10. The van der Waals surface area contributed by atoms with Gasteiger partial charge in [-0.25, -0.2) is 4.98 Å². The van der Waals surface area contributed by atoms with Gasteiger partial charge in [0.25, 0.3) is 0 Å². The zero-order chi connectivity index (χ0) is 15.7. The van der Waals surface area contributed by atoms with Gasteiger partial charge in [0.15, 0.2) is 0 Å². The molecule has 5 nitrogen and oxygen atoms in total. The van der Waals surface area contributed by atoms with E-state index in [-0.39, 0.29) is 11.9 Å². The lowest BCUT2D eigenvalue weighted by molar-refractivity contribution is -0.130. The fourth-order valence-corrected chi connectivity index (χ4v) is 3.66. The Hall–Kier alpha value is -1.59. The molecule has 1 saturated carbocycles. The second-order valence-corrected chi connectivity index (χ2v) is 6.41. The van der Waals surface area contributed by atoms with Crippen molar-refractivity contribution in [3.8, 4) is 0 Å². The lowest BCUT2D eigenvalue weighted by Crippen LogP contribution is -2.50. The van der Waals surface area contributed by atoms with Crippen molar-refractivity contribution in [3.05, 3.63) is 46.0 Å². The van der Waals surface area contributed by atoms with E-state index in [9.17, 15) is 4.79 Å². The summed E-state index contributed by atoms with van der Waals surface area (Å²) in [7, 11) is 0. The standard InChI is InChI=1S/C15H16Cl2N4O/c1-9(13-18-8-19-21-13)20-14(22)15(6-3-7-15)12-10(16)4-2-5-11(12)17/h2,4-5,8-9H,3,6-7H2,1H3,(H,20,22)(H,18,19,21). The number of hydrogen-bond acceptors (Lipinski definition) is 3. The maximum atomic E-state index is 12.9. The smallest absolute Gasteiger partial charge is 0.231 e. The minimum Gasteiger partial charge on any atom is -0.346 e. The molecule has 1 aromatic carbocycles. The highest BCUT2D eigenvalue weighted by Gasteiger charge is 2.48. The van der Waals surface area contributed by atoms with Crippen molar-refractivity contribution in [1.82, 2.24) is 20.5 Å². The predicted octanol–water partition coefficient (Wildman–Crippen LogP) is 3.41. The molecule has 1 aliphatic carbocycles. The van der Waals surface area contributed by atoms with E-state index in [1.165, 1.54) is 6.33 Å². The Balaban J connectivity index is 1.88. The molecule has 1 amide bonds. The lowest BCUT2D eigenvalue weighted by Gasteiger charge is -2.42. The highest BCUT2D eigenvalue weighted by Crippen LogP contribution is 2.49. The summed E-state index contributed by atoms with van der Waals surface area (Å²) in [6.45, 7) is 1.86. The van der Waals surface area contributed by atoms with Gasteiger partial charge >= 0.3 is 0 Å². The summed E-state index contributed by atoms with van der Waals surface area (Å²) < 4.78 is 0. The second-order valence-electron chi connectivity index (χ2n) is 5.60. The number of carbonyl (C=O) groups excluding carboxylic acids is 1. The van der Waals surface area contributed by atoms with Gasteiger partial charge in [0.1, 0.15) is 12.2 Å². The Labute approximate surface area is 138 Å². The minimum absolute atomic E-state index is 0.0716. The van der Waals surface area contributed by atoms with Gasteiger partial charge in [0.2, 0.25) is 5.91 Å². The van der Waals surface area contributed by atoms with Gasteiger partial charge in [-0.2, -0.15) is 5.10 Å². The van der Waals surface area contributed by atoms with Crippen LogP contribution in [-0.2, 0) is 10.2 Å². The molecule has 0 aliphatic heterocycles. The molecule has 0 spiro atoms. The largest absolute Gasteiger partial charge is 0.346 e. The van der Waals surface area contributed by atoms with Crippen molar-refractivity contribution in [2.45, 2.75) is 37.6 Å². The van der Waals surface area contributed by atoms with E-state index in [1.54, 1.807) is 18.2 Å². The zero-order valence-corrected chi connectivity index (χ0v) is 13.6. The van der Waals surface area contributed by atoms with Gasteiger partial charge in [0, 0.05) is 15.6 Å².